The summed E-state index contributed by atoms with van der Waals surface area (Å²) in [5.41, 5.74) is 1.48. The SMILES string of the molecule is CC(NS(=O)Cc1coc(CN2CC(=O)NC2=O)c1)c1ccc(F)c(OCC2CC2)c1. The summed E-state index contributed by atoms with van der Waals surface area (Å²) >= 11 is 0. The fourth-order valence-corrected chi connectivity index (χ4v) is 4.30. The Labute approximate surface area is 181 Å². The first-order valence-electron chi connectivity index (χ1n) is 10.1. The zero-order chi connectivity index (χ0) is 22.0. The number of hydrogen-bond donors (Lipinski definition) is 2. The molecule has 1 aliphatic carbocycles. The van der Waals surface area contributed by atoms with Gasteiger partial charge >= 0.3 is 6.03 Å². The van der Waals surface area contributed by atoms with E-state index in [-0.39, 0.29) is 36.5 Å². The summed E-state index contributed by atoms with van der Waals surface area (Å²) in [5.74, 6) is 0.681. The van der Waals surface area contributed by atoms with Crippen LogP contribution in [-0.2, 0) is 28.1 Å². The lowest BCUT2D eigenvalue weighted by atomic mass is 10.1. The smallest absolute Gasteiger partial charge is 0.324 e. The lowest BCUT2D eigenvalue weighted by molar-refractivity contribution is -0.118. The number of urea groups is 1. The lowest BCUT2D eigenvalue weighted by Gasteiger charge is -2.15. The number of ether oxygens (including phenoxy) is 1. The van der Waals surface area contributed by atoms with Crippen molar-refractivity contribution in [2.45, 2.75) is 38.1 Å². The Balaban J connectivity index is 1.30. The predicted molar refractivity (Wildman–Crippen MR) is 111 cm³/mol. The third-order valence-electron chi connectivity index (χ3n) is 5.16. The van der Waals surface area contributed by atoms with Gasteiger partial charge in [-0.15, -0.1) is 0 Å². The van der Waals surface area contributed by atoms with Gasteiger partial charge in [-0.25, -0.2) is 18.1 Å². The van der Waals surface area contributed by atoms with E-state index in [1.807, 2.05) is 6.92 Å². The minimum Gasteiger partial charge on any atom is -0.490 e. The van der Waals surface area contributed by atoms with Crippen LogP contribution in [0.5, 0.6) is 5.75 Å². The van der Waals surface area contributed by atoms with Crippen LogP contribution in [0.4, 0.5) is 9.18 Å². The molecule has 1 aromatic heterocycles. The Morgan fingerprint density at radius 1 is 1.35 bits per heavy atom. The fraction of sp³-hybridized carbons (Fsp3) is 0.429. The molecule has 2 unspecified atom stereocenters. The van der Waals surface area contributed by atoms with Gasteiger partial charge in [0.05, 0.1) is 36.2 Å². The molecule has 1 saturated carbocycles. The highest BCUT2D eigenvalue weighted by Gasteiger charge is 2.27. The van der Waals surface area contributed by atoms with Gasteiger partial charge in [0, 0.05) is 11.6 Å². The van der Waals surface area contributed by atoms with E-state index >= 15 is 0 Å². The van der Waals surface area contributed by atoms with Crippen molar-refractivity contribution in [1.82, 2.24) is 14.9 Å². The Bertz CT molecular complexity index is 1010. The van der Waals surface area contributed by atoms with Crippen molar-refractivity contribution < 1.29 is 27.3 Å². The molecule has 8 nitrogen and oxygen atoms in total. The number of rotatable bonds is 10. The molecule has 2 heterocycles. The second-order valence-corrected chi connectivity index (χ2v) is 9.12. The van der Waals surface area contributed by atoms with E-state index in [9.17, 15) is 18.2 Å². The van der Waals surface area contributed by atoms with Crippen molar-refractivity contribution in [3.63, 3.8) is 0 Å². The molecule has 2 atom stereocenters. The minimum absolute atomic E-state index is 0.0100. The monoisotopic (exact) mass is 449 g/mol. The largest absolute Gasteiger partial charge is 0.490 e. The molecule has 2 aliphatic rings. The molecular weight excluding hydrogens is 425 g/mol. The molecule has 3 amide bonds. The molecule has 1 aromatic carbocycles. The van der Waals surface area contributed by atoms with Gasteiger partial charge in [-0.3, -0.25) is 10.1 Å². The van der Waals surface area contributed by atoms with Crippen molar-refractivity contribution in [1.29, 1.82) is 0 Å². The highest BCUT2D eigenvalue weighted by atomic mass is 32.2. The van der Waals surface area contributed by atoms with E-state index in [4.69, 9.17) is 9.15 Å². The number of carbonyl (C=O) groups is 2. The number of hydrogen-bond acceptors (Lipinski definition) is 5. The summed E-state index contributed by atoms with van der Waals surface area (Å²) < 4.78 is 40.5. The van der Waals surface area contributed by atoms with Gasteiger partial charge in [0.1, 0.15) is 12.3 Å². The zero-order valence-electron chi connectivity index (χ0n) is 17.1. The number of nitrogens with zero attached hydrogens (tertiary/aromatic N) is 1. The van der Waals surface area contributed by atoms with E-state index in [0.29, 0.717) is 23.8 Å². The van der Waals surface area contributed by atoms with E-state index in [0.717, 1.165) is 18.4 Å². The average Bonchev–Trinajstić information content (AvgIpc) is 3.36. The minimum atomic E-state index is -1.41. The van der Waals surface area contributed by atoms with Crippen LogP contribution in [0.15, 0.2) is 34.9 Å². The Morgan fingerprint density at radius 2 is 2.16 bits per heavy atom. The van der Waals surface area contributed by atoms with Crippen molar-refractivity contribution in [2.75, 3.05) is 13.2 Å². The van der Waals surface area contributed by atoms with Crippen molar-refractivity contribution in [3.05, 3.63) is 53.2 Å². The van der Waals surface area contributed by atoms with Gasteiger partial charge in [-0.05, 0) is 49.4 Å². The molecule has 2 fully saturated rings. The maximum absolute atomic E-state index is 14.0. The standard InChI is InChI=1S/C21H24FN3O5S/c1-13(16-4-5-18(22)19(7-16)30-10-14-2-3-14)24-31(28)12-15-6-17(29-11-15)8-25-9-20(26)23-21(25)27/h4-7,11,13-14,24H,2-3,8-10,12H2,1H3,(H,23,26,27). The van der Waals surface area contributed by atoms with Crippen LogP contribution in [-0.4, -0.2) is 34.2 Å². The van der Waals surface area contributed by atoms with Crippen LogP contribution in [0, 0.1) is 11.7 Å². The summed E-state index contributed by atoms with van der Waals surface area (Å²) in [6.45, 7) is 2.51. The first-order valence-corrected chi connectivity index (χ1v) is 11.4. The van der Waals surface area contributed by atoms with E-state index in [1.54, 1.807) is 18.2 Å². The highest BCUT2D eigenvalue weighted by Crippen LogP contribution is 2.31. The molecule has 0 spiro atoms. The molecule has 2 N–H and O–H groups in total. The fourth-order valence-electron chi connectivity index (χ4n) is 3.23. The van der Waals surface area contributed by atoms with Crippen LogP contribution in [0.3, 0.4) is 0 Å². The van der Waals surface area contributed by atoms with Crippen LogP contribution >= 0.6 is 0 Å². The highest BCUT2D eigenvalue weighted by molar-refractivity contribution is 7.82. The molecular formula is C21H24FN3O5S. The Kier molecular flexibility index (Phi) is 6.38. The van der Waals surface area contributed by atoms with Crippen molar-refractivity contribution in [2.24, 2.45) is 5.92 Å². The van der Waals surface area contributed by atoms with Gasteiger partial charge in [0.15, 0.2) is 11.6 Å². The van der Waals surface area contributed by atoms with E-state index in [2.05, 4.69) is 10.0 Å². The number of amides is 3. The molecule has 2 aromatic rings. The second kappa shape index (κ2) is 9.19. The predicted octanol–water partition coefficient (Wildman–Crippen LogP) is 2.77. The zero-order valence-corrected chi connectivity index (χ0v) is 17.9. The Hall–Kier alpha value is -2.72. The first-order chi connectivity index (χ1) is 14.9. The van der Waals surface area contributed by atoms with Gasteiger partial charge in [-0.1, -0.05) is 6.07 Å². The molecule has 0 bridgehead atoms. The quantitative estimate of drug-likeness (QED) is 0.543. The average molecular weight is 450 g/mol. The molecule has 166 valence electrons. The molecule has 1 aliphatic heterocycles. The van der Waals surface area contributed by atoms with Crippen molar-refractivity contribution >= 4 is 22.9 Å². The van der Waals surface area contributed by atoms with Gasteiger partial charge in [0.25, 0.3) is 0 Å². The summed E-state index contributed by atoms with van der Waals surface area (Å²) in [6, 6.07) is 5.62. The molecule has 0 radical (unpaired) electrons. The topological polar surface area (TPSA) is 101 Å². The summed E-state index contributed by atoms with van der Waals surface area (Å²) in [5, 5.41) is 2.20. The number of imide groups is 1. The molecule has 31 heavy (non-hydrogen) atoms. The maximum atomic E-state index is 14.0. The number of halogens is 1. The van der Waals surface area contributed by atoms with E-state index in [1.165, 1.54) is 17.2 Å². The van der Waals surface area contributed by atoms with Gasteiger partial charge < -0.3 is 14.1 Å². The summed E-state index contributed by atoms with van der Waals surface area (Å²) in [4.78, 5) is 24.2. The Morgan fingerprint density at radius 3 is 2.87 bits per heavy atom. The normalized spacial score (nSPS) is 18.2. The van der Waals surface area contributed by atoms with Crippen molar-refractivity contribution in [3.8, 4) is 5.75 Å². The van der Waals surface area contributed by atoms with Crippen LogP contribution < -0.4 is 14.8 Å². The number of carbonyl (C=O) groups excluding carboxylic acids is 2. The lowest BCUT2D eigenvalue weighted by Crippen LogP contribution is -2.27. The number of nitrogens with one attached hydrogen (secondary N) is 2. The van der Waals surface area contributed by atoms with Crippen LogP contribution in [0.2, 0.25) is 0 Å². The van der Waals surface area contributed by atoms with Gasteiger partial charge in [0.2, 0.25) is 5.91 Å². The summed E-state index contributed by atoms with van der Waals surface area (Å²) in [7, 11) is -1.41. The summed E-state index contributed by atoms with van der Waals surface area (Å²) in [6.07, 6.45) is 3.73. The molecule has 4 rings (SSSR count). The second-order valence-electron chi connectivity index (χ2n) is 7.90. The number of furan rings is 1. The van der Waals surface area contributed by atoms with E-state index < -0.39 is 22.8 Å². The first kappa shape index (κ1) is 21.5. The number of benzene rings is 1. The molecule has 10 heteroatoms. The van der Waals surface area contributed by atoms with Crippen LogP contribution in [0.1, 0.15) is 42.7 Å². The third kappa shape index (κ3) is 5.71. The third-order valence-corrected chi connectivity index (χ3v) is 6.37. The van der Waals surface area contributed by atoms with Gasteiger partial charge in [-0.2, -0.15) is 0 Å². The van der Waals surface area contributed by atoms with Crippen LogP contribution in [0.25, 0.3) is 0 Å². The molecule has 1 saturated heterocycles. The maximum Gasteiger partial charge on any atom is 0.324 e.